The highest BCUT2D eigenvalue weighted by molar-refractivity contribution is 5.94. The fourth-order valence-electron chi connectivity index (χ4n) is 3.68. The first-order valence-electron chi connectivity index (χ1n) is 9.23. The maximum atomic E-state index is 11.2. The monoisotopic (exact) mass is 386 g/mol. The molecule has 3 N–H and O–H groups in total. The number of aromatic nitrogens is 5. The van der Waals surface area contributed by atoms with Crippen LogP contribution in [0.4, 0.5) is 0 Å². The quantitative estimate of drug-likeness (QED) is 0.488. The smallest absolute Gasteiger partial charge is 0.306 e. The number of imidazole rings is 1. The van der Waals surface area contributed by atoms with E-state index in [1.807, 2.05) is 34.9 Å². The first-order chi connectivity index (χ1) is 14.0. The number of aromatic amines is 1. The number of amides is 1. The maximum absolute atomic E-state index is 11.2. The summed E-state index contributed by atoms with van der Waals surface area (Å²) in [6.45, 7) is 4.32. The van der Waals surface area contributed by atoms with Gasteiger partial charge in [0, 0.05) is 40.6 Å². The molecule has 0 radical (unpaired) electrons. The van der Waals surface area contributed by atoms with Crippen molar-refractivity contribution in [3.8, 4) is 22.7 Å². The third-order valence-corrected chi connectivity index (χ3v) is 4.98. The van der Waals surface area contributed by atoms with Crippen LogP contribution in [0.1, 0.15) is 36.0 Å². The molecule has 0 saturated heterocycles. The van der Waals surface area contributed by atoms with Crippen LogP contribution in [0.2, 0.25) is 0 Å². The number of primary amides is 1. The predicted molar refractivity (Wildman–Crippen MR) is 108 cm³/mol. The molecule has 0 unspecified atom stereocenters. The predicted octanol–water partition coefficient (Wildman–Crippen LogP) is 3.75. The molecule has 5 rings (SSSR count). The Morgan fingerprint density at radius 1 is 1.17 bits per heavy atom. The summed E-state index contributed by atoms with van der Waals surface area (Å²) in [5.74, 6) is -0.409. The van der Waals surface area contributed by atoms with Gasteiger partial charge in [-0.05, 0) is 41.8 Å². The lowest BCUT2D eigenvalue weighted by molar-refractivity contribution is 0.0968. The van der Waals surface area contributed by atoms with Crippen LogP contribution < -0.4 is 5.73 Å². The van der Waals surface area contributed by atoms with Gasteiger partial charge in [0.1, 0.15) is 5.65 Å². The van der Waals surface area contributed by atoms with Crippen LogP contribution in [-0.2, 0) is 0 Å². The fourth-order valence-corrected chi connectivity index (χ4v) is 3.68. The third-order valence-electron chi connectivity index (χ3n) is 4.98. The number of carbonyl (C=O) groups excluding carboxylic acids is 1. The summed E-state index contributed by atoms with van der Waals surface area (Å²) < 4.78 is 7.39. The van der Waals surface area contributed by atoms with Gasteiger partial charge in [0.05, 0.1) is 5.69 Å². The minimum atomic E-state index is -0.744. The molecule has 0 bridgehead atoms. The summed E-state index contributed by atoms with van der Waals surface area (Å²) in [4.78, 5) is 19.1. The summed E-state index contributed by atoms with van der Waals surface area (Å²) >= 11 is 0. The van der Waals surface area contributed by atoms with Crippen molar-refractivity contribution < 1.29 is 9.21 Å². The molecule has 0 aliphatic carbocycles. The third kappa shape index (κ3) is 2.77. The lowest BCUT2D eigenvalue weighted by Gasteiger charge is -2.09. The van der Waals surface area contributed by atoms with Gasteiger partial charge in [-0.25, -0.2) is 4.98 Å². The van der Waals surface area contributed by atoms with E-state index < -0.39 is 5.91 Å². The molecule has 8 heteroatoms. The molecule has 144 valence electrons. The van der Waals surface area contributed by atoms with Gasteiger partial charge >= 0.3 is 11.8 Å². The average Bonchev–Trinajstić information content (AvgIpc) is 3.43. The average molecular weight is 386 g/mol. The van der Waals surface area contributed by atoms with E-state index in [0.29, 0.717) is 0 Å². The number of benzene rings is 1. The van der Waals surface area contributed by atoms with Crippen molar-refractivity contribution in [1.82, 2.24) is 24.6 Å². The summed E-state index contributed by atoms with van der Waals surface area (Å²) in [5, 5.41) is 8.71. The number of hydrogen-bond acceptors (Lipinski definition) is 5. The summed E-state index contributed by atoms with van der Waals surface area (Å²) in [7, 11) is 0. The van der Waals surface area contributed by atoms with Crippen molar-refractivity contribution in [1.29, 1.82) is 0 Å². The van der Waals surface area contributed by atoms with Gasteiger partial charge in [0.25, 0.3) is 0 Å². The number of hydrogen-bond donors (Lipinski definition) is 2. The summed E-state index contributed by atoms with van der Waals surface area (Å²) in [5.41, 5.74) is 11.2. The van der Waals surface area contributed by atoms with Crippen LogP contribution in [0.5, 0.6) is 0 Å². The Labute approximate surface area is 165 Å². The maximum Gasteiger partial charge on any atom is 0.306 e. The summed E-state index contributed by atoms with van der Waals surface area (Å²) in [6, 6.07) is 9.92. The molecule has 1 amide bonds. The molecule has 0 spiro atoms. The standard InChI is InChI=1S/C21H18N6O2/c1-11(2)17-14-9-12(20-25-26-21(29-20)19(22)28)3-5-15(14)24-18(17)13-4-6-16-23-7-8-27(16)10-13/h3-11,24H,1-2H3,(H2,22,28). The van der Waals surface area contributed by atoms with Gasteiger partial charge < -0.3 is 19.5 Å². The second kappa shape index (κ2) is 6.30. The molecule has 8 nitrogen and oxygen atoms in total. The molecular formula is C21H18N6O2. The van der Waals surface area contributed by atoms with E-state index in [1.165, 1.54) is 5.56 Å². The molecule has 0 fully saturated rings. The first kappa shape index (κ1) is 17.2. The second-order valence-corrected chi connectivity index (χ2v) is 7.22. The van der Waals surface area contributed by atoms with Crippen LogP contribution in [0.3, 0.4) is 0 Å². The van der Waals surface area contributed by atoms with Crippen molar-refractivity contribution in [2.75, 3.05) is 0 Å². The topological polar surface area (TPSA) is 115 Å². The highest BCUT2D eigenvalue weighted by atomic mass is 16.4. The molecule has 29 heavy (non-hydrogen) atoms. The van der Waals surface area contributed by atoms with Gasteiger partial charge in [-0.3, -0.25) is 4.79 Å². The van der Waals surface area contributed by atoms with Crippen molar-refractivity contribution >= 4 is 22.5 Å². The Hall–Kier alpha value is -3.94. The summed E-state index contributed by atoms with van der Waals surface area (Å²) in [6.07, 6.45) is 5.78. The number of pyridine rings is 1. The van der Waals surface area contributed by atoms with Crippen molar-refractivity contribution in [3.05, 3.63) is 60.4 Å². The Morgan fingerprint density at radius 2 is 2.00 bits per heavy atom. The normalized spacial score (nSPS) is 11.7. The van der Waals surface area contributed by atoms with Crippen molar-refractivity contribution in [2.24, 2.45) is 5.73 Å². The number of nitrogens with one attached hydrogen (secondary N) is 1. The molecule has 0 aliphatic rings. The number of nitrogens with zero attached hydrogens (tertiary/aromatic N) is 4. The number of H-pyrrole nitrogens is 1. The van der Waals surface area contributed by atoms with E-state index in [2.05, 4.69) is 46.3 Å². The number of rotatable bonds is 4. The Kier molecular flexibility index (Phi) is 3.73. The van der Waals surface area contributed by atoms with Crippen LogP contribution in [0, 0.1) is 0 Å². The zero-order chi connectivity index (χ0) is 20.1. The number of carbonyl (C=O) groups is 1. The van der Waals surface area contributed by atoms with Crippen LogP contribution >= 0.6 is 0 Å². The zero-order valence-electron chi connectivity index (χ0n) is 15.9. The van der Waals surface area contributed by atoms with E-state index in [0.717, 1.165) is 33.4 Å². The lowest BCUT2D eigenvalue weighted by Crippen LogP contribution is -2.10. The molecule has 5 aromatic rings. The fraction of sp³-hybridized carbons (Fsp3) is 0.143. The lowest BCUT2D eigenvalue weighted by atomic mass is 9.96. The van der Waals surface area contributed by atoms with Crippen molar-refractivity contribution in [3.63, 3.8) is 0 Å². The van der Waals surface area contributed by atoms with Gasteiger partial charge in [0.2, 0.25) is 5.89 Å². The van der Waals surface area contributed by atoms with E-state index in [4.69, 9.17) is 10.2 Å². The van der Waals surface area contributed by atoms with E-state index in [1.54, 1.807) is 6.20 Å². The molecule has 0 atom stereocenters. The second-order valence-electron chi connectivity index (χ2n) is 7.22. The minimum Gasteiger partial charge on any atom is -0.412 e. The molecular weight excluding hydrogens is 368 g/mol. The van der Waals surface area contributed by atoms with Gasteiger partial charge in [0.15, 0.2) is 0 Å². The molecule has 0 aliphatic heterocycles. The van der Waals surface area contributed by atoms with Crippen LogP contribution in [0.25, 0.3) is 39.3 Å². The Bertz CT molecular complexity index is 1370. The SMILES string of the molecule is CC(C)c1c(-c2ccc3nccn3c2)[nH]c2ccc(-c3nnc(C(N)=O)o3)cc12. The van der Waals surface area contributed by atoms with Crippen molar-refractivity contribution in [2.45, 2.75) is 19.8 Å². The van der Waals surface area contributed by atoms with Gasteiger partial charge in [-0.1, -0.05) is 13.8 Å². The zero-order valence-corrected chi connectivity index (χ0v) is 15.9. The van der Waals surface area contributed by atoms with E-state index in [9.17, 15) is 4.79 Å². The molecule has 4 heterocycles. The van der Waals surface area contributed by atoms with Crippen LogP contribution in [0.15, 0.2) is 53.3 Å². The van der Waals surface area contributed by atoms with Crippen LogP contribution in [-0.4, -0.2) is 30.5 Å². The number of fused-ring (bicyclic) bond motifs is 2. The number of nitrogens with two attached hydrogens (primary N) is 1. The molecule has 0 saturated carbocycles. The van der Waals surface area contributed by atoms with Gasteiger partial charge in [-0.2, -0.15) is 0 Å². The molecule has 4 aromatic heterocycles. The van der Waals surface area contributed by atoms with Gasteiger partial charge in [-0.15, -0.1) is 10.2 Å². The highest BCUT2D eigenvalue weighted by Crippen LogP contribution is 2.37. The Morgan fingerprint density at radius 3 is 2.76 bits per heavy atom. The highest BCUT2D eigenvalue weighted by Gasteiger charge is 2.19. The van der Waals surface area contributed by atoms with E-state index in [-0.39, 0.29) is 17.7 Å². The minimum absolute atomic E-state index is 0.201. The molecule has 1 aromatic carbocycles. The largest absolute Gasteiger partial charge is 0.412 e. The Balaban J connectivity index is 1.69. The van der Waals surface area contributed by atoms with E-state index >= 15 is 0 Å². The first-order valence-corrected chi connectivity index (χ1v) is 9.23.